The van der Waals surface area contributed by atoms with E-state index in [4.69, 9.17) is 27.9 Å². The van der Waals surface area contributed by atoms with E-state index >= 15 is 0 Å². The van der Waals surface area contributed by atoms with Crippen LogP contribution in [0.15, 0.2) is 53.9 Å². The van der Waals surface area contributed by atoms with Crippen LogP contribution in [0.5, 0.6) is 5.75 Å². The molecule has 0 saturated heterocycles. The van der Waals surface area contributed by atoms with Crippen LogP contribution in [0, 0.1) is 6.92 Å². The monoisotopic (exact) mass is 461 g/mol. The number of aryl methyl sites for hydroxylation is 1. The number of aromatic nitrogens is 1. The molecule has 1 heterocycles. The van der Waals surface area contributed by atoms with E-state index in [1.165, 1.54) is 18.2 Å². The molecule has 3 rings (SSSR count). The maximum absolute atomic E-state index is 12.1. The largest absolute Gasteiger partial charge is 0.487 e. The van der Waals surface area contributed by atoms with Gasteiger partial charge in [-0.15, -0.1) is 11.3 Å². The SMILES string of the molecule is Cc1nc(COc2ccc(/C=C/C(=O)NNC(=O)c3cc(Cl)ccc3Cl)cc2)cs1. The lowest BCUT2D eigenvalue weighted by Gasteiger charge is -2.07. The molecule has 0 aliphatic carbocycles. The first kappa shape index (κ1) is 21.8. The van der Waals surface area contributed by atoms with Crippen molar-refractivity contribution in [2.24, 2.45) is 0 Å². The van der Waals surface area contributed by atoms with Crippen molar-refractivity contribution in [3.8, 4) is 5.75 Å². The number of halogens is 2. The average molecular weight is 462 g/mol. The van der Waals surface area contributed by atoms with Crippen LogP contribution >= 0.6 is 34.5 Å². The smallest absolute Gasteiger partial charge is 0.271 e. The van der Waals surface area contributed by atoms with Gasteiger partial charge in [0, 0.05) is 16.5 Å². The van der Waals surface area contributed by atoms with Crippen LogP contribution in [0.25, 0.3) is 6.08 Å². The molecule has 0 bridgehead atoms. The molecule has 2 N–H and O–H groups in total. The molecule has 0 saturated carbocycles. The van der Waals surface area contributed by atoms with Crippen LogP contribution < -0.4 is 15.6 Å². The van der Waals surface area contributed by atoms with Crippen LogP contribution in [0.1, 0.15) is 26.6 Å². The van der Waals surface area contributed by atoms with E-state index in [2.05, 4.69) is 15.8 Å². The maximum atomic E-state index is 12.1. The van der Waals surface area contributed by atoms with E-state index in [9.17, 15) is 9.59 Å². The molecular weight excluding hydrogens is 445 g/mol. The zero-order valence-corrected chi connectivity index (χ0v) is 18.1. The van der Waals surface area contributed by atoms with Crippen LogP contribution in [-0.4, -0.2) is 16.8 Å². The first-order chi connectivity index (χ1) is 14.4. The molecule has 154 valence electrons. The molecule has 6 nitrogen and oxygen atoms in total. The summed E-state index contributed by atoms with van der Waals surface area (Å²) in [5.41, 5.74) is 6.43. The number of nitrogens with one attached hydrogen (secondary N) is 2. The highest BCUT2D eigenvalue weighted by atomic mass is 35.5. The van der Waals surface area contributed by atoms with Crippen molar-refractivity contribution in [2.45, 2.75) is 13.5 Å². The molecule has 0 fully saturated rings. The lowest BCUT2D eigenvalue weighted by atomic mass is 10.2. The predicted molar refractivity (Wildman–Crippen MR) is 119 cm³/mol. The number of hydrazine groups is 1. The summed E-state index contributed by atoms with van der Waals surface area (Å²) in [6.45, 7) is 2.35. The fourth-order valence-corrected chi connectivity index (χ4v) is 3.35. The number of hydrogen-bond acceptors (Lipinski definition) is 5. The highest BCUT2D eigenvalue weighted by molar-refractivity contribution is 7.09. The van der Waals surface area contributed by atoms with E-state index in [1.807, 2.05) is 24.4 Å². The topological polar surface area (TPSA) is 80.3 Å². The van der Waals surface area contributed by atoms with Gasteiger partial charge in [-0.25, -0.2) is 4.98 Å². The molecular formula is C21H17Cl2N3O3S. The van der Waals surface area contributed by atoms with Crippen molar-refractivity contribution in [3.63, 3.8) is 0 Å². The van der Waals surface area contributed by atoms with Gasteiger partial charge in [0.15, 0.2) is 0 Å². The van der Waals surface area contributed by atoms with Crippen molar-refractivity contribution < 1.29 is 14.3 Å². The minimum Gasteiger partial charge on any atom is -0.487 e. The Morgan fingerprint density at radius 3 is 2.60 bits per heavy atom. The molecule has 0 aliphatic rings. The Morgan fingerprint density at radius 2 is 1.90 bits per heavy atom. The Balaban J connectivity index is 1.48. The lowest BCUT2D eigenvalue weighted by molar-refractivity contribution is -0.117. The summed E-state index contributed by atoms with van der Waals surface area (Å²) >= 11 is 13.4. The van der Waals surface area contributed by atoms with Gasteiger partial charge in [0.25, 0.3) is 11.8 Å². The molecule has 1 aromatic heterocycles. The van der Waals surface area contributed by atoms with Crippen molar-refractivity contribution in [3.05, 3.63) is 85.8 Å². The van der Waals surface area contributed by atoms with Crippen LogP contribution in [0.4, 0.5) is 0 Å². The Labute approximate surface area is 187 Å². The van der Waals surface area contributed by atoms with Gasteiger partial charge >= 0.3 is 0 Å². The molecule has 2 amide bonds. The lowest BCUT2D eigenvalue weighted by Crippen LogP contribution is -2.40. The van der Waals surface area contributed by atoms with Crippen molar-refractivity contribution >= 4 is 52.4 Å². The van der Waals surface area contributed by atoms with Gasteiger partial charge in [0.1, 0.15) is 12.4 Å². The van der Waals surface area contributed by atoms with Gasteiger partial charge in [-0.2, -0.15) is 0 Å². The number of rotatable bonds is 6. The molecule has 3 aromatic rings. The van der Waals surface area contributed by atoms with E-state index in [-0.39, 0.29) is 10.6 Å². The van der Waals surface area contributed by atoms with Gasteiger partial charge in [-0.3, -0.25) is 20.4 Å². The molecule has 0 unspecified atom stereocenters. The minimum atomic E-state index is -0.568. The highest BCUT2D eigenvalue weighted by Crippen LogP contribution is 2.20. The van der Waals surface area contributed by atoms with E-state index in [1.54, 1.807) is 35.6 Å². The van der Waals surface area contributed by atoms with E-state index in [0.29, 0.717) is 17.4 Å². The Hall–Kier alpha value is -2.87. The molecule has 2 aromatic carbocycles. The normalized spacial score (nSPS) is 10.8. The Morgan fingerprint density at radius 1 is 1.13 bits per heavy atom. The predicted octanol–water partition coefficient (Wildman–Crippen LogP) is 4.81. The summed E-state index contributed by atoms with van der Waals surface area (Å²) in [4.78, 5) is 28.4. The second-order valence-corrected chi connectivity index (χ2v) is 8.02. The first-order valence-corrected chi connectivity index (χ1v) is 10.4. The first-order valence-electron chi connectivity index (χ1n) is 8.78. The zero-order valence-electron chi connectivity index (χ0n) is 15.8. The number of benzene rings is 2. The van der Waals surface area contributed by atoms with Crippen molar-refractivity contribution in [1.82, 2.24) is 15.8 Å². The van der Waals surface area contributed by atoms with E-state index in [0.717, 1.165) is 16.3 Å². The van der Waals surface area contributed by atoms with Gasteiger partial charge in [-0.05, 0) is 48.9 Å². The number of ether oxygens (including phenoxy) is 1. The van der Waals surface area contributed by atoms with Gasteiger partial charge < -0.3 is 4.74 Å². The summed E-state index contributed by atoms with van der Waals surface area (Å²) in [5.74, 6) is -0.366. The summed E-state index contributed by atoms with van der Waals surface area (Å²) < 4.78 is 5.68. The highest BCUT2D eigenvalue weighted by Gasteiger charge is 2.11. The zero-order chi connectivity index (χ0) is 21.5. The standard InChI is InChI=1S/C21H17Cl2N3O3S/c1-13-24-16(12-30-13)11-29-17-6-2-14(3-7-17)4-9-20(27)25-26-21(28)18-10-15(22)5-8-19(18)23/h2-10,12H,11H2,1H3,(H,25,27)(H,26,28)/b9-4+. The minimum absolute atomic E-state index is 0.164. The van der Waals surface area contributed by atoms with Crippen molar-refractivity contribution in [1.29, 1.82) is 0 Å². The number of amides is 2. The second-order valence-electron chi connectivity index (χ2n) is 6.12. The fraction of sp³-hybridized carbons (Fsp3) is 0.0952. The van der Waals surface area contributed by atoms with Crippen LogP contribution in [-0.2, 0) is 11.4 Å². The molecule has 0 atom stereocenters. The quantitative estimate of drug-likeness (QED) is 0.407. The van der Waals surface area contributed by atoms with Gasteiger partial charge in [0.05, 0.1) is 21.3 Å². The number of carbonyl (C=O) groups excluding carboxylic acids is 2. The summed E-state index contributed by atoms with van der Waals surface area (Å²) in [6.07, 6.45) is 2.91. The third-order valence-electron chi connectivity index (χ3n) is 3.83. The fourth-order valence-electron chi connectivity index (χ4n) is 2.38. The average Bonchev–Trinajstić information content (AvgIpc) is 3.16. The molecule has 0 radical (unpaired) electrons. The number of hydrogen-bond donors (Lipinski definition) is 2. The Bertz CT molecular complexity index is 1080. The summed E-state index contributed by atoms with van der Waals surface area (Å²) in [5, 5.41) is 3.56. The van der Waals surface area contributed by atoms with E-state index < -0.39 is 11.8 Å². The Kier molecular flexibility index (Phi) is 7.46. The summed E-state index contributed by atoms with van der Waals surface area (Å²) in [6, 6.07) is 11.7. The van der Waals surface area contributed by atoms with Crippen LogP contribution in [0.2, 0.25) is 10.0 Å². The number of nitrogens with zero attached hydrogens (tertiary/aromatic N) is 1. The molecule has 30 heavy (non-hydrogen) atoms. The second kappa shape index (κ2) is 10.2. The molecule has 0 aliphatic heterocycles. The number of thiazole rings is 1. The summed E-state index contributed by atoms with van der Waals surface area (Å²) in [7, 11) is 0. The third-order valence-corrected chi connectivity index (χ3v) is 5.22. The maximum Gasteiger partial charge on any atom is 0.271 e. The molecule has 9 heteroatoms. The molecule has 0 spiro atoms. The number of carbonyl (C=O) groups is 2. The van der Waals surface area contributed by atoms with Gasteiger partial charge in [-0.1, -0.05) is 35.3 Å². The van der Waals surface area contributed by atoms with Crippen molar-refractivity contribution in [2.75, 3.05) is 0 Å². The van der Waals surface area contributed by atoms with Crippen LogP contribution in [0.3, 0.4) is 0 Å². The third kappa shape index (κ3) is 6.32. The van der Waals surface area contributed by atoms with Gasteiger partial charge in [0.2, 0.25) is 0 Å².